The maximum atomic E-state index is 0. The first-order valence-electron chi connectivity index (χ1n) is 0. The van der Waals surface area contributed by atoms with Gasteiger partial charge in [0.2, 0.25) is 0 Å². The molecule has 0 aliphatic rings. The van der Waals surface area contributed by atoms with Crippen molar-refractivity contribution in [2.75, 3.05) is 0 Å². The third-order valence-electron chi connectivity index (χ3n) is 0. The van der Waals surface area contributed by atoms with Gasteiger partial charge < -0.3 is 16.4 Å². The van der Waals surface area contributed by atoms with Crippen LogP contribution in [0.3, 0.4) is 0 Å². The van der Waals surface area contributed by atoms with Crippen molar-refractivity contribution in [3.63, 3.8) is 0 Å². The molecule has 0 saturated heterocycles. The van der Waals surface area contributed by atoms with Crippen molar-refractivity contribution in [1.82, 2.24) is 0 Å². The van der Waals surface area contributed by atoms with Crippen LogP contribution in [0.1, 0.15) is 0 Å². The molecule has 0 aromatic heterocycles. The van der Waals surface area contributed by atoms with Gasteiger partial charge in [-0.1, -0.05) is 0 Å². The van der Waals surface area contributed by atoms with Crippen LogP contribution in [-0.2, 0) is 97.5 Å². The molecule has 0 spiro atoms. The smallest absolute Gasteiger partial charge is 2.00 e. The van der Waals surface area contributed by atoms with Gasteiger partial charge in [0.15, 0.2) is 0 Å². The van der Waals surface area contributed by atoms with Gasteiger partial charge in [-0.05, 0) is 0 Å². The van der Waals surface area contributed by atoms with Gasteiger partial charge in [-0.15, -0.1) is 0 Å². The Balaban J connectivity index is 0. The van der Waals surface area contributed by atoms with Crippen LogP contribution in [0.2, 0.25) is 0 Å². The zero-order chi connectivity index (χ0) is 0. The molecular weight excluding hydrogens is 698 g/mol. The summed E-state index contributed by atoms with van der Waals surface area (Å²) in [7, 11) is 0. The van der Waals surface area contributed by atoms with Gasteiger partial charge in [0.25, 0.3) is 0 Å². The third-order valence-corrected chi connectivity index (χ3v) is 0. The quantitative estimate of drug-likeness (QED) is 0.288. The summed E-state index contributed by atoms with van der Waals surface area (Å²) in [5.41, 5.74) is 0. The Morgan fingerprint density at radius 2 is 0.444 bits per heavy atom. The average molecular weight is 698 g/mol. The fourth-order valence-corrected chi connectivity index (χ4v) is 0. The molecule has 0 unspecified atom stereocenters. The molecule has 0 amide bonds. The molecule has 0 aliphatic heterocycles. The fourth-order valence-electron chi connectivity index (χ4n) is 0. The molecule has 0 atom stereocenters. The first-order valence-corrected chi connectivity index (χ1v) is 0. The predicted octanol–water partition coefficient (Wildman–Crippen LogP) is -1.13. The SMILES string of the molecule is [Al+3].[Al+3].[O-2].[O-2].[O-2].[Pt].[Pt].[Rh].[Rh]. The molecule has 0 N–H and O–H groups in total. The molecular formula is Al2O3Pt2Rh2. The van der Waals surface area contributed by atoms with Gasteiger partial charge in [-0.3, -0.25) is 0 Å². The Labute approximate surface area is 130 Å². The van der Waals surface area contributed by atoms with E-state index in [9.17, 15) is 0 Å². The monoisotopic (exact) mass is 698 g/mol. The van der Waals surface area contributed by atoms with E-state index < -0.39 is 0 Å². The topological polar surface area (TPSA) is 85.5 Å². The minimum absolute atomic E-state index is 0. The van der Waals surface area contributed by atoms with Crippen LogP contribution in [0.4, 0.5) is 0 Å². The van der Waals surface area contributed by atoms with Crippen molar-refractivity contribution >= 4 is 34.7 Å². The number of rotatable bonds is 0. The van der Waals surface area contributed by atoms with Crippen molar-refractivity contribution in [3.8, 4) is 0 Å². The second-order valence-corrected chi connectivity index (χ2v) is 0. The first kappa shape index (κ1) is 132. The van der Waals surface area contributed by atoms with Gasteiger partial charge in [-0.25, -0.2) is 0 Å². The van der Waals surface area contributed by atoms with E-state index in [4.69, 9.17) is 0 Å². The molecule has 3 nitrogen and oxygen atoms in total. The van der Waals surface area contributed by atoms with Gasteiger partial charge in [0, 0.05) is 81.1 Å². The van der Waals surface area contributed by atoms with Crippen molar-refractivity contribution in [2.24, 2.45) is 0 Å². The summed E-state index contributed by atoms with van der Waals surface area (Å²) in [4.78, 5) is 0. The van der Waals surface area contributed by atoms with E-state index in [1.54, 1.807) is 0 Å². The van der Waals surface area contributed by atoms with Gasteiger partial charge >= 0.3 is 34.7 Å². The van der Waals surface area contributed by atoms with E-state index in [2.05, 4.69) is 0 Å². The maximum absolute atomic E-state index is 0. The third kappa shape index (κ3) is 83.2. The zero-order valence-electron chi connectivity index (χ0n) is 3.68. The maximum Gasteiger partial charge on any atom is 3.00 e. The van der Waals surface area contributed by atoms with E-state index in [0.29, 0.717) is 0 Å². The van der Waals surface area contributed by atoms with Crippen molar-refractivity contribution < 1.29 is 97.5 Å². The average Bonchev–Trinajstić information content (AvgIpc) is 0. The van der Waals surface area contributed by atoms with E-state index in [-0.39, 0.29) is 132 Å². The molecule has 0 aromatic rings. The van der Waals surface area contributed by atoms with E-state index >= 15 is 0 Å². The molecule has 0 bridgehead atoms. The van der Waals surface area contributed by atoms with Gasteiger partial charge in [0.05, 0.1) is 0 Å². The van der Waals surface area contributed by atoms with Crippen LogP contribution in [0.5, 0.6) is 0 Å². The Morgan fingerprint density at radius 1 is 0.444 bits per heavy atom. The van der Waals surface area contributed by atoms with Crippen LogP contribution in [0.25, 0.3) is 0 Å². The van der Waals surface area contributed by atoms with E-state index in [1.807, 2.05) is 0 Å². The van der Waals surface area contributed by atoms with Gasteiger partial charge in [0.1, 0.15) is 0 Å². The fraction of sp³-hybridized carbons (Fsp3) is 0. The molecule has 9 heteroatoms. The van der Waals surface area contributed by atoms with Crippen LogP contribution in [-0.4, -0.2) is 34.7 Å². The number of hydrogen-bond donors (Lipinski definition) is 0. The summed E-state index contributed by atoms with van der Waals surface area (Å²) in [5, 5.41) is 0. The molecule has 9 heavy (non-hydrogen) atoms. The number of hydrogen-bond acceptors (Lipinski definition) is 0. The first-order chi connectivity index (χ1) is 0. The molecule has 2 radical (unpaired) electrons. The van der Waals surface area contributed by atoms with Crippen molar-refractivity contribution in [1.29, 1.82) is 0 Å². The predicted molar refractivity (Wildman–Crippen MR) is 13.6 cm³/mol. The Hall–Kier alpha value is 3.57. The summed E-state index contributed by atoms with van der Waals surface area (Å²) in [5.74, 6) is 0. The van der Waals surface area contributed by atoms with Crippen LogP contribution < -0.4 is 0 Å². The molecule has 0 aliphatic carbocycles. The van der Waals surface area contributed by atoms with Gasteiger partial charge in [-0.2, -0.15) is 0 Å². The van der Waals surface area contributed by atoms with Crippen molar-refractivity contribution in [2.45, 2.75) is 0 Å². The van der Waals surface area contributed by atoms with Crippen LogP contribution >= 0.6 is 0 Å². The molecule has 0 heterocycles. The second-order valence-electron chi connectivity index (χ2n) is 0. The van der Waals surface area contributed by atoms with E-state index in [0.717, 1.165) is 0 Å². The minimum Gasteiger partial charge on any atom is -2.00 e. The molecule has 0 aromatic carbocycles. The standard InChI is InChI=1S/2Al.3O.2Pt.2Rh/q2*+3;3*-2;;;;. The second kappa shape index (κ2) is 101. The van der Waals surface area contributed by atoms with Crippen LogP contribution in [0.15, 0.2) is 0 Å². The summed E-state index contributed by atoms with van der Waals surface area (Å²) in [6.07, 6.45) is 0. The summed E-state index contributed by atoms with van der Waals surface area (Å²) >= 11 is 0. The Kier molecular flexibility index (Phi) is 1490. The zero-order valence-corrected chi connectivity index (χ0v) is 13.8. The van der Waals surface area contributed by atoms with Crippen molar-refractivity contribution in [3.05, 3.63) is 0 Å². The molecule has 62 valence electrons. The summed E-state index contributed by atoms with van der Waals surface area (Å²) < 4.78 is 0. The molecule has 0 fully saturated rings. The normalized spacial score (nSPS) is 0. The van der Waals surface area contributed by atoms with Crippen LogP contribution in [0, 0.1) is 0 Å². The minimum atomic E-state index is 0. The Bertz CT molecular complexity index is 17.8. The summed E-state index contributed by atoms with van der Waals surface area (Å²) in [6.45, 7) is 0. The molecule has 0 rings (SSSR count). The summed E-state index contributed by atoms with van der Waals surface area (Å²) in [6, 6.07) is 0. The largest absolute Gasteiger partial charge is 3.00 e. The van der Waals surface area contributed by atoms with E-state index in [1.165, 1.54) is 0 Å². The Morgan fingerprint density at radius 3 is 0.444 bits per heavy atom. The molecule has 0 saturated carbocycles.